The number of halogens is 1. The molecule has 0 aliphatic heterocycles. The van der Waals surface area contributed by atoms with Crippen LogP contribution in [0.4, 0.5) is 0 Å². The molecule has 0 unspecified atom stereocenters. The highest BCUT2D eigenvalue weighted by Gasteiger charge is 2.20. The van der Waals surface area contributed by atoms with Crippen molar-refractivity contribution in [1.82, 2.24) is 35.1 Å². The number of tetrazole rings is 1. The fraction of sp³-hybridized carbons (Fsp3) is 0.167. The van der Waals surface area contributed by atoms with Gasteiger partial charge in [0.1, 0.15) is 12.2 Å². The van der Waals surface area contributed by atoms with E-state index in [1.54, 1.807) is 12.1 Å². The number of imidazole rings is 1. The first-order chi connectivity index (χ1) is 13.0. The van der Waals surface area contributed by atoms with E-state index >= 15 is 0 Å². The third-order valence-electron chi connectivity index (χ3n) is 4.36. The average Bonchev–Trinajstić information content (AvgIpc) is 3.30. The Hall–Kier alpha value is -3.07. The minimum absolute atomic E-state index is 0.235. The fourth-order valence-corrected chi connectivity index (χ4v) is 3.41. The Bertz CT molecular complexity index is 1120. The van der Waals surface area contributed by atoms with Crippen LogP contribution in [0.15, 0.2) is 53.3 Å². The van der Waals surface area contributed by atoms with E-state index in [9.17, 15) is 4.79 Å². The van der Waals surface area contributed by atoms with E-state index in [4.69, 9.17) is 0 Å². The summed E-state index contributed by atoms with van der Waals surface area (Å²) in [6, 6.07) is 13.0. The van der Waals surface area contributed by atoms with Gasteiger partial charge in [-0.2, -0.15) is 4.68 Å². The lowest BCUT2D eigenvalue weighted by molar-refractivity contribution is 0.0937. The number of nitrogens with one attached hydrogen (secondary N) is 1. The maximum absolute atomic E-state index is 13.0. The minimum atomic E-state index is -0.282. The quantitative estimate of drug-likeness (QED) is 0.542. The standard InChI is InChI=1S/C18H16BrN7O/c1-11(17-22-14-5-3-4-6-16(14)25(17)2)21-18(27)13-9-12(19)7-8-15(13)26-10-20-23-24-26/h3-11H,1-2H3,(H,21,27)/t11-/m1/s1. The van der Waals surface area contributed by atoms with Crippen molar-refractivity contribution < 1.29 is 4.79 Å². The number of nitrogens with zero attached hydrogens (tertiary/aromatic N) is 6. The van der Waals surface area contributed by atoms with Crippen LogP contribution in [0.25, 0.3) is 16.7 Å². The molecule has 0 radical (unpaired) electrons. The Kier molecular flexibility index (Phi) is 4.44. The first kappa shape index (κ1) is 17.3. The summed E-state index contributed by atoms with van der Waals surface area (Å²) >= 11 is 3.42. The zero-order chi connectivity index (χ0) is 19.0. The lowest BCUT2D eigenvalue weighted by Gasteiger charge is -2.16. The number of amides is 1. The number of rotatable bonds is 4. The smallest absolute Gasteiger partial charge is 0.254 e. The Morgan fingerprint density at radius 1 is 1.22 bits per heavy atom. The Labute approximate surface area is 163 Å². The van der Waals surface area contributed by atoms with Crippen molar-refractivity contribution >= 4 is 32.9 Å². The molecule has 0 aliphatic rings. The summed E-state index contributed by atoms with van der Waals surface area (Å²) in [7, 11) is 1.94. The van der Waals surface area contributed by atoms with Crippen molar-refractivity contribution in [1.29, 1.82) is 0 Å². The van der Waals surface area contributed by atoms with Crippen molar-refractivity contribution in [3.05, 3.63) is 64.7 Å². The topological polar surface area (TPSA) is 90.5 Å². The second-order valence-corrected chi connectivity index (χ2v) is 7.04. The van der Waals surface area contributed by atoms with E-state index in [-0.39, 0.29) is 11.9 Å². The molecule has 2 aromatic heterocycles. The summed E-state index contributed by atoms with van der Waals surface area (Å²) in [5, 5.41) is 14.2. The lowest BCUT2D eigenvalue weighted by Crippen LogP contribution is -2.29. The Morgan fingerprint density at radius 3 is 2.78 bits per heavy atom. The highest BCUT2D eigenvalue weighted by atomic mass is 79.9. The van der Waals surface area contributed by atoms with Crippen molar-refractivity contribution in [2.24, 2.45) is 7.05 Å². The predicted octanol–water partition coefficient (Wildman–Crippen LogP) is 2.80. The van der Waals surface area contributed by atoms with Crippen LogP contribution in [0.2, 0.25) is 0 Å². The van der Waals surface area contributed by atoms with Gasteiger partial charge in [-0.1, -0.05) is 28.1 Å². The number of carbonyl (C=O) groups excluding carboxylic acids is 1. The zero-order valence-corrected chi connectivity index (χ0v) is 16.3. The molecule has 0 aliphatic carbocycles. The molecule has 0 fully saturated rings. The summed E-state index contributed by atoms with van der Waals surface area (Å²) in [5.41, 5.74) is 2.97. The summed E-state index contributed by atoms with van der Waals surface area (Å²) in [6.45, 7) is 1.91. The number of fused-ring (bicyclic) bond motifs is 1. The number of benzene rings is 2. The molecule has 0 saturated heterocycles. The van der Waals surface area contributed by atoms with Crippen LogP contribution in [-0.2, 0) is 7.05 Å². The van der Waals surface area contributed by atoms with Gasteiger partial charge in [-0.05, 0) is 47.7 Å². The second kappa shape index (κ2) is 6.92. The van der Waals surface area contributed by atoms with Crippen molar-refractivity contribution in [3.63, 3.8) is 0 Å². The molecular weight excluding hydrogens is 410 g/mol. The number of para-hydroxylation sites is 2. The van der Waals surface area contributed by atoms with Gasteiger partial charge in [0.25, 0.3) is 5.91 Å². The highest BCUT2D eigenvalue weighted by molar-refractivity contribution is 9.10. The molecule has 0 spiro atoms. The van der Waals surface area contributed by atoms with Gasteiger partial charge in [-0.3, -0.25) is 4.79 Å². The molecule has 4 aromatic rings. The van der Waals surface area contributed by atoms with Crippen LogP contribution in [0.5, 0.6) is 0 Å². The number of hydrogen-bond acceptors (Lipinski definition) is 5. The second-order valence-electron chi connectivity index (χ2n) is 6.13. The van der Waals surface area contributed by atoms with E-state index in [0.717, 1.165) is 21.3 Å². The number of aromatic nitrogens is 6. The van der Waals surface area contributed by atoms with E-state index in [0.29, 0.717) is 11.3 Å². The van der Waals surface area contributed by atoms with Crippen LogP contribution in [0.3, 0.4) is 0 Å². The van der Waals surface area contributed by atoms with E-state index in [2.05, 4.69) is 41.8 Å². The van der Waals surface area contributed by atoms with E-state index < -0.39 is 0 Å². The molecule has 9 heteroatoms. The van der Waals surface area contributed by atoms with Gasteiger partial charge >= 0.3 is 0 Å². The van der Waals surface area contributed by atoms with Crippen LogP contribution < -0.4 is 5.32 Å². The van der Waals surface area contributed by atoms with Gasteiger partial charge in [0, 0.05) is 11.5 Å². The molecule has 4 rings (SSSR count). The zero-order valence-electron chi connectivity index (χ0n) is 14.7. The largest absolute Gasteiger partial charge is 0.342 e. The van der Waals surface area contributed by atoms with Crippen LogP contribution in [0.1, 0.15) is 29.1 Å². The van der Waals surface area contributed by atoms with Crippen molar-refractivity contribution in [2.45, 2.75) is 13.0 Å². The maximum Gasteiger partial charge on any atom is 0.254 e. The molecule has 0 saturated carbocycles. The molecule has 1 atom stereocenters. The third-order valence-corrected chi connectivity index (χ3v) is 4.85. The molecular formula is C18H16BrN7O. The molecule has 2 aromatic carbocycles. The summed E-state index contributed by atoms with van der Waals surface area (Å²) in [5.74, 6) is 0.546. The van der Waals surface area contributed by atoms with Gasteiger partial charge in [0.05, 0.1) is 28.3 Å². The Morgan fingerprint density at radius 2 is 2.04 bits per heavy atom. The molecule has 1 N–H and O–H groups in total. The number of carbonyl (C=O) groups is 1. The molecule has 136 valence electrons. The normalized spacial score (nSPS) is 12.3. The minimum Gasteiger partial charge on any atom is -0.342 e. The van der Waals surface area contributed by atoms with Crippen LogP contribution >= 0.6 is 15.9 Å². The maximum atomic E-state index is 13.0. The van der Waals surface area contributed by atoms with Gasteiger partial charge in [-0.25, -0.2) is 4.98 Å². The van der Waals surface area contributed by atoms with Crippen LogP contribution in [-0.4, -0.2) is 35.7 Å². The molecule has 1 amide bonds. The van der Waals surface area contributed by atoms with E-state index in [1.165, 1.54) is 11.0 Å². The van der Waals surface area contributed by atoms with Crippen LogP contribution in [0, 0.1) is 0 Å². The van der Waals surface area contributed by atoms with Crippen molar-refractivity contribution in [3.8, 4) is 5.69 Å². The average molecular weight is 426 g/mol. The first-order valence-electron chi connectivity index (χ1n) is 8.29. The summed E-state index contributed by atoms with van der Waals surface area (Å²) < 4.78 is 4.24. The third kappa shape index (κ3) is 3.21. The first-order valence-corrected chi connectivity index (χ1v) is 9.09. The van der Waals surface area contributed by atoms with Gasteiger partial charge in [-0.15, -0.1) is 5.10 Å². The molecule has 8 nitrogen and oxygen atoms in total. The molecule has 0 bridgehead atoms. The highest BCUT2D eigenvalue weighted by Crippen LogP contribution is 2.22. The fourth-order valence-electron chi connectivity index (χ4n) is 3.05. The molecule has 2 heterocycles. The SMILES string of the molecule is C[C@@H](NC(=O)c1cc(Br)ccc1-n1cnnn1)c1nc2ccccc2n1C. The Balaban J connectivity index is 1.66. The van der Waals surface area contributed by atoms with Gasteiger partial charge in [0.15, 0.2) is 0 Å². The number of aryl methyl sites for hydroxylation is 1. The lowest BCUT2D eigenvalue weighted by atomic mass is 10.1. The summed E-state index contributed by atoms with van der Waals surface area (Å²) in [4.78, 5) is 17.6. The predicted molar refractivity (Wildman–Crippen MR) is 103 cm³/mol. The van der Waals surface area contributed by atoms with Gasteiger partial charge in [0.2, 0.25) is 0 Å². The monoisotopic (exact) mass is 425 g/mol. The summed E-state index contributed by atoms with van der Waals surface area (Å²) in [6.07, 6.45) is 1.45. The number of hydrogen-bond donors (Lipinski definition) is 1. The van der Waals surface area contributed by atoms with E-state index in [1.807, 2.05) is 48.9 Å². The van der Waals surface area contributed by atoms with Gasteiger partial charge < -0.3 is 9.88 Å². The van der Waals surface area contributed by atoms with Crippen molar-refractivity contribution in [2.75, 3.05) is 0 Å². The molecule has 27 heavy (non-hydrogen) atoms.